The Morgan fingerprint density at radius 2 is 2.07 bits per heavy atom. The first-order chi connectivity index (χ1) is 6.61. The van der Waals surface area contributed by atoms with Crippen molar-refractivity contribution in [3.05, 3.63) is 33.1 Å². The lowest BCUT2D eigenvalue weighted by molar-refractivity contribution is 0.100. The molecule has 0 spiro atoms. The van der Waals surface area contributed by atoms with Crippen molar-refractivity contribution in [1.82, 2.24) is 0 Å². The number of primary amides is 1. The Bertz CT molecular complexity index is 521. The Balaban J connectivity index is 2.87. The van der Waals surface area contributed by atoms with Crippen LogP contribution in [0.2, 0.25) is 10.0 Å². The number of hydrogen-bond donors (Lipinski definition) is 1. The highest BCUT2D eigenvalue weighted by molar-refractivity contribution is 7.21. The molecule has 1 heterocycles. The van der Waals surface area contributed by atoms with Gasteiger partial charge in [0, 0.05) is 10.1 Å². The zero-order valence-electron chi connectivity index (χ0n) is 6.88. The number of carbonyl (C=O) groups excluding carboxylic acids is 1. The molecule has 0 radical (unpaired) electrons. The van der Waals surface area contributed by atoms with Crippen LogP contribution in [0.3, 0.4) is 0 Å². The quantitative estimate of drug-likeness (QED) is 0.824. The molecule has 0 aliphatic heterocycles. The van der Waals surface area contributed by atoms with Crippen LogP contribution in [0.5, 0.6) is 0 Å². The second kappa shape index (κ2) is 3.42. The minimum absolute atomic E-state index is 0.350. The van der Waals surface area contributed by atoms with Gasteiger partial charge in [-0.1, -0.05) is 29.3 Å². The molecule has 0 aliphatic carbocycles. The van der Waals surface area contributed by atoms with Crippen LogP contribution >= 0.6 is 34.5 Å². The molecule has 1 aromatic heterocycles. The summed E-state index contributed by atoms with van der Waals surface area (Å²) in [5, 5.41) is 1.59. The van der Waals surface area contributed by atoms with E-state index in [4.69, 9.17) is 28.9 Å². The first-order valence-corrected chi connectivity index (χ1v) is 5.35. The van der Waals surface area contributed by atoms with Gasteiger partial charge < -0.3 is 5.73 Å². The number of amides is 1. The van der Waals surface area contributed by atoms with Crippen molar-refractivity contribution < 1.29 is 4.79 Å². The van der Waals surface area contributed by atoms with Crippen molar-refractivity contribution in [2.45, 2.75) is 0 Å². The number of thiophene rings is 1. The second-order valence-corrected chi connectivity index (χ2v) is 4.56. The third-order valence-electron chi connectivity index (χ3n) is 1.83. The van der Waals surface area contributed by atoms with E-state index in [1.54, 1.807) is 6.07 Å². The van der Waals surface area contributed by atoms with Gasteiger partial charge in [0.2, 0.25) is 0 Å². The summed E-state index contributed by atoms with van der Waals surface area (Å²) < 4.78 is 0.872. The number of carbonyl (C=O) groups is 1. The molecule has 0 unspecified atom stereocenters. The molecule has 0 aliphatic rings. The monoisotopic (exact) mass is 245 g/mol. The molecule has 0 bridgehead atoms. The molecule has 2 aromatic rings. The van der Waals surface area contributed by atoms with Gasteiger partial charge in [0.25, 0.3) is 5.91 Å². The summed E-state index contributed by atoms with van der Waals surface area (Å²) in [5.74, 6) is -0.521. The maximum absolute atomic E-state index is 11.0. The molecule has 2 nitrogen and oxygen atoms in total. The number of rotatable bonds is 1. The van der Waals surface area contributed by atoms with Crippen LogP contribution in [0, 0.1) is 0 Å². The third kappa shape index (κ3) is 1.38. The lowest BCUT2D eigenvalue weighted by Crippen LogP contribution is -2.08. The highest BCUT2D eigenvalue weighted by Gasteiger charge is 2.16. The maximum Gasteiger partial charge on any atom is 0.260 e. The molecule has 1 amide bonds. The van der Waals surface area contributed by atoms with Crippen molar-refractivity contribution >= 4 is 50.5 Å². The van der Waals surface area contributed by atoms with Gasteiger partial charge in [-0.15, -0.1) is 11.3 Å². The summed E-state index contributed by atoms with van der Waals surface area (Å²) in [6.07, 6.45) is 0. The van der Waals surface area contributed by atoms with Crippen molar-refractivity contribution in [2.75, 3.05) is 0 Å². The van der Waals surface area contributed by atoms with Crippen LogP contribution in [-0.2, 0) is 0 Å². The Morgan fingerprint density at radius 3 is 2.64 bits per heavy atom. The van der Waals surface area contributed by atoms with Crippen LogP contribution in [0.15, 0.2) is 18.2 Å². The highest BCUT2D eigenvalue weighted by Crippen LogP contribution is 2.38. The largest absolute Gasteiger partial charge is 0.365 e. The minimum Gasteiger partial charge on any atom is -0.365 e. The van der Waals surface area contributed by atoms with Gasteiger partial charge in [-0.05, 0) is 12.1 Å². The minimum atomic E-state index is -0.521. The molecule has 2 N–H and O–H groups in total. The molecule has 2 rings (SSSR count). The number of nitrogens with two attached hydrogens (primary N) is 1. The van der Waals surface area contributed by atoms with Crippen LogP contribution in [0.25, 0.3) is 10.1 Å². The molecule has 5 heteroatoms. The lowest BCUT2D eigenvalue weighted by atomic mass is 10.2. The molecule has 1 aromatic carbocycles. The highest BCUT2D eigenvalue weighted by atomic mass is 35.5. The summed E-state index contributed by atoms with van der Waals surface area (Å²) in [7, 11) is 0. The Kier molecular flexibility index (Phi) is 2.39. The molecule has 0 saturated carbocycles. The van der Waals surface area contributed by atoms with E-state index in [0.717, 1.165) is 4.70 Å². The number of benzene rings is 1. The van der Waals surface area contributed by atoms with Crippen LogP contribution < -0.4 is 5.73 Å². The summed E-state index contributed by atoms with van der Waals surface area (Å²) in [4.78, 5) is 11.4. The van der Waals surface area contributed by atoms with Crippen LogP contribution in [0.4, 0.5) is 0 Å². The molecule has 0 atom stereocenters. The van der Waals surface area contributed by atoms with E-state index in [1.165, 1.54) is 11.3 Å². The lowest BCUT2D eigenvalue weighted by Gasteiger charge is -1.93. The Hall–Kier alpha value is -0.770. The van der Waals surface area contributed by atoms with Gasteiger partial charge in [-0.3, -0.25) is 4.79 Å². The molecule has 0 saturated heterocycles. The zero-order valence-corrected chi connectivity index (χ0v) is 9.21. The van der Waals surface area contributed by atoms with Crippen molar-refractivity contribution in [3.63, 3.8) is 0 Å². The number of fused-ring (bicyclic) bond motifs is 1. The number of halogens is 2. The van der Waals surface area contributed by atoms with Gasteiger partial charge in [0.1, 0.15) is 4.88 Å². The topological polar surface area (TPSA) is 43.1 Å². The van der Waals surface area contributed by atoms with E-state index in [9.17, 15) is 4.79 Å². The summed E-state index contributed by atoms with van der Waals surface area (Å²) >= 11 is 13.2. The fourth-order valence-electron chi connectivity index (χ4n) is 1.23. The molecule has 0 fully saturated rings. The van der Waals surface area contributed by atoms with Crippen LogP contribution in [0.1, 0.15) is 9.67 Å². The summed E-state index contributed by atoms with van der Waals surface area (Å²) in [5.41, 5.74) is 5.17. The van der Waals surface area contributed by atoms with Gasteiger partial charge in [-0.25, -0.2) is 0 Å². The van der Waals surface area contributed by atoms with Gasteiger partial charge >= 0.3 is 0 Å². The summed E-state index contributed by atoms with van der Waals surface area (Å²) in [6, 6.07) is 5.39. The average molecular weight is 246 g/mol. The molecular formula is C9H5Cl2NOS. The van der Waals surface area contributed by atoms with E-state index in [1.807, 2.05) is 12.1 Å². The van der Waals surface area contributed by atoms with Crippen molar-refractivity contribution in [3.8, 4) is 0 Å². The maximum atomic E-state index is 11.0. The van der Waals surface area contributed by atoms with Crippen LogP contribution in [-0.4, -0.2) is 5.91 Å². The van der Waals surface area contributed by atoms with Gasteiger partial charge in [0.05, 0.1) is 10.0 Å². The van der Waals surface area contributed by atoms with Crippen molar-refractivity contribution in [1.29, 1.82) is 0 Å². The van der Waals surface area contributed by atoms with Gasteiger partial charge in [0.15, 0.2) is 0 Å². The van der Waals surface area contributed by atoms with E-state index in [2.05, 4.69) is 0 Å². The molecule has 14 heavy (non-hydrogen) atoms. The molecular weight excluding hydrogens is 241 g/mol. The molecule has 72 valence electrons. The number of hydrogen-bond acceptors (Lipinski definition) is 2. The Labute approximate surface area is 94.2 Å². The predicted octanol–water partition coefficient (Wildman–Crippen LogP) is 3.31. The normalized spacial score (nSPS) is 10.7. The van der Waals surface area contributed by atoms with E-state index in [0.29, 0.717) is 20.3 Å². The fraction of sp³-hybridized carbons (Fsp3) is 0. The Morgan fingerprint density at radius 1 is 1.36 bits per heavy atom. The predicted molar refractivity (Wildman–Crippen MR) is 60.4 cm³/mol. The smallest absolute Gasteiger partial charge is 0.260 e. The van der Waals surface area contributed by atoms with E-state index < -0.39 is 5.91 Å². The standard InChI is InChI=1S/C9H5Cl2NOS/c10-4-2-1-3-5-6(4)7(11)8(14-5)9(12)13/h1-3H,(H2,12,13). The van der Waals surface area contributed by atoms with E-state index in [-0.39, 0.29) is 0 Å². The van der Waals surface area contributed by atoms with E-state index >= 15 is 0 Å². The first kappa shape index (κ1) is 9.77. The first-order valence-electron chi connectivity index (χ1n) is 3.77. The SMILES string of the molecule is NC(=O)c1sc2cccc(Cl)c2c1Cl. The summed E-state index contributed by atoms with van der Waals surface area (Å²) in [6.45, 7) is 0. The fourth-order valence-corrected chi connectivity index (χ4v) is 3.04. The zero-order chi connectivity index (χ0) is 10.3. The van der Waals surface area contributed by atoms with Gasteiger partial charge in [-0.2, -0.15) is 0 Å². The average Bonchev–Trinajstić information content (AvgIpc) is 2.45. The third-order valence-corrected chi connectivity index (χ3v) is 3.80. The second-order valence-electron chi connectivity index (χ2n) is 2.72. The van der Waals surface area contributed by atoms with Crippen molar-refractivity contribution in [2.24, 2.45) is 5.73 Å².